The molecular formula is C20H26O2P2S4. The van der Waals surface area contributed by atoms with Gasteiger partial charge < -0.3 is 9.47 Å². The van der Waals surface area contributed by atoms with Crippen LogP contribution in [0.15, 0.2) is 48.5 Å². The molecule has 1 aliphatic rings. The monoisotopic (exact) mass is 488 g/mol. The summed E-state index contributed by atoms with van der Waals surface area (Å²) in [5.41, 5.74) is 0. The van der Waals surface area contributed by atoms with E-state index in [-0.39, 0.29) is 0 Å². The largest absolute Gasteiger partial charge is 0.494 e. The Morgan fingerprint density at radius 1 is 0.679 bits per heavy atom. The molecule has 0 aliphatic carbocycles. The standard InChI is InChI=1S/C20H26O2P2S4/c1-3-5-15-21-17-7-11-19(12-8-17)23(25)27-24(26,28-23)20-13-9-18(10-14-20)22-16-6-4-2/h7-14H,3-6,15-16H2,1-2H3. The van der Waals surface area contributed by atoms with Gasteiger partial charge in [-0.2, -0.15) is 0 Å². The summed E-state index contributed by atoms with van der Waals surface area (Å²) in [6, 6.07) is 16.7. The van der Waals surface area contributed by atoms with Crippen LogP contribution in [-0.2, 0) is 23.6 Å². The van der Waals surface area contributed by atoms with Crippen LogP contribution < -0.4 is 20.1 Å². The highest BCUT2D eigenvalue weighted by Gasteiger charge is 2.45. The SMILES string of the molecule is CCCCOc1ccc(P2(=S)SP(=S)(c3ccc(OCCCC)cc3)S2)cc1. The third kappa shape index (κ3) is 5.59. The van der Waals surface area contributed by atoms with Crippen molar-refractivity contribution < 1.29 is 9.47 Å². The van der Waals surface area contributed by atoms with E-state index in [1.54, 1.807) is 0 Å². The van der Waals surface area contributed by atoms with Crippen LogP contribution in [0, 0.1) is 0 Å². The number of ether oxygens (including phenoxy) is 2. The van der Waals surface area contributed by atoms with Crippen molar-refractivity contribution in [2.24, 2.45) is 0 Å². The molecule has 1 aliphatic heterocycles. The Labute approximate surface area is 186 Å². The summed E-state index contributed by atoms with van der Waals surface area (Å²) in [6.45, 7) is 5.87. The lowest BCUT2D eigenvalue weighted by Gasteiger charge is -2.40. The molecule has 0 unspecified atom stereocenters. The van der Waals surface area contributed by atoms with Crippen molar-refractivity contribution in [3.63, 3.8) is 0 Å². The first-order valence-electron chi connectivity index (χ1n) is 9.59. The van der Waals surface area contributed by atoms with Crippen molar-refractivity contribution in [3.05, 3.63) is 48.5 Å². The zero-order chi connectivity index (χ0) is 20.0. The molecule has 0 bridgehead atoms. The molecule has 1 fully saturated rings. The van der Waals surface area contributed by atoms with E-state index < -0.39 is 8.88 Å². The number of rotatable bonds is 10. The molecule has 28 heavy (non-hydrogen) atoms. The normalized spacial score (nSPS) is 23.8. The highest BCUT2D eigenvalue weighted by atomic mass is 33.7. The van der Waals surface area contributed by atoms with E-state index in [0.29, 0.717) is 0 Å². The fourth-order valence-corrected chi connectivity index (χ4v) is 44.9. The maximum absolute atomic E-state index is 6.03. The van der Waals surface area contributed by atoms with E-state index in [0.717, 1.165) is 50.4 Å². The summed E-state index contributed by atoms with van der Waals surface area (Å²) in [4.78, 5) is 0. The zero-order valence-electron chi connectivity index (χ0n) is 16.2. The second-order valence-electron chi connectivity index (χ2n) is 6.55. The predicted octanol–water partition coefficient (Wildman–Crippen LogP) is 7.09. The van der Waals surface area contributed by atoms with Crippen LogP contribution >= 0.6 is 30.9 Å². The van der Waals surface area contributed by atoms with Gasteiger partial charge >= 0.3 is 0 Å². The van der Waals surface area contributed by atoms with Crippen molar-refractivity contribution in [2.75, 3.05) is 13.2 Å². The molecule has 0 radical (unpaired) electrons. The average Bonchev–Trinajstić information content (AvgIpc) is 2.68. The van der Waals surface area contributed by atoms with E-state index in [1.807, 2.05) is 46.3 Å². The van der Waals surface area contributed by atoms with Crippen LogP contribution in [0.2, 0.25) is 0 Å². The number of hydrogen-bond donors (Lipinski definition) is 0. The Morgan fingerprint density at radius 3 is 1.36 bits per heavy atom. The van der Waals surface area contributed by atoms with Crippen LogP contribution in [0.3, 0.4) is 0 Å². The summed E-state index contributed by atoms with van der Waals surface area (Å²) in [5.74, 6) is 1.85. The molecule has 0 saturated carbocycles. The van der Waals surface area contributed by atoms with Gasteiger partial charge in [0.15, 0.2) is 0 Å². The van der Waals surface area contributed by atoms with Gasteiger partial charge in [-0.05, 0) is 61.4 Å². The summed E-state index contributed by atoms with van der Waals surface area (Å²) in [5, 5.41) is 2.47. The van der Waals surface area contributed by atoms with Crippen molar-refractivity contribution >= 4 is 65.1 Å². The van der Waals surface area contributed by atoms with E-state index in [9.17, 15) is 0 Å². The van der Waals surface area contributed by atoms with E-state index in [1.165, 1.54) is 10.6 Å². The van der Waals surface area contributed by atoms with Crippen LogP contribution in [0.5, 0.6) is 11.5 Å². The Morgan fingerprint density at radius 2 is 1.04 bits per heavy atom. The Kier molecular flexibility index (Phi) is 8.42. The molecule has 0 aromatic heterocycles. The van der Waals surface area contributed by atoms with Crippen LogP contribution in [0.1, 0.15) is 39.5 Å². The van der Waals surface area contributed by atoms with Gasteiger partial charge in [0.2, 0.25) is 0 Å². The minimum Gasteiger partial charge on any atom is -0.494 e. The molecule has 0 atom stereocenters. The van der Waals surface area contributed by atoms with Gasteiger partial charge in [-0.25, -0.2) is 0 Å². The molecule has 2 aromatic carbocycles. The van der Waals surface area contributed by atoms with Gasteiger partial charge in [0, 0.05) is 10.6 Å². The van der Waals surface area contributed by atoms with E-state index in [4.69, 9.17) is 33.1 Å². The first-order chi connectivity index (χ1) is 13.5. The van der Waals surface area contributed by atoms with E-state index in [2.05, 4.69) is 38.1 Å². The molecule has 1 heterocycles. The highest BCUT2D eigenvalue weighted by molar-refractivity contribution is 9.48. The number of benzene rings is 2. The lowest BCUT2D eigenvalue weighted by Crippen LogP contribution is -2.09. The molecule has 2 aromatic rings. The molecule has 1 saturated heterocycles. The second kappa shape index (κ2) is 10.4. The first kappa shape index (κ1) is 22.7. The van der Waals surface area contributed by atoms with Gasteiger partial charge in [-0.1, -0.05) is 72.3 Å². The molecule has 8 heteroatoms. The van der Waals surface area contributed by atoms with Crippen molar-refractivity contribution in [1.82, 2.24) is 0 Å². The highest BCUT2D eigenvalue weighted by Crippen LogP contribution is 3.04. The zero-order valence-corrected chi connectivity index (χ0v) is 21.3. The van der Waals surface area contributed by atoms with Crippen molar-refractivity contribution in [2.45, 2.75) is 39.5 Å². The Bertz CT molecular complexity index is 783. The van der Waals surface area contributed by atoms with Crippen LogP contribution in [0.4, 0.5) is 0 Å². The maximum atomic E-state index is 6.03. The van der Waals surface area contributed by atoms with Gasteiger partial charge in [-0.3, -0.25) is 0 Å². The van der Waals surface area contributed by atoms with Crippen molar-refractivity contribution in [3.8, 4) is 11.5 Å². The van der Waals surface area contributed by atoms with Crippen LogP contribution in [-0.4, -0.2) is 13.2 Å². The fraction of sp³-hybridized carbons (Fsp3) is 0.400. The predicted molar refractivity (Wildman–Crippen MR) is 137 cm³/mol. The molecular weight excluding hydrogens is 462 g/mol. The number of hydrogen-bond acceptors (Lipinski definition) is 6. The van der Waals surface area contributed by atoms with Crippen molar-refractivity contribution in [1.29, 1.82) is 0 Å². The smallest absolute Gasteiger partial charge is 0.119 e. The molecule has 2 nitrogen and oxygen atoms in total. The number of unbranched alkanes of at least 4 members (excludes halogenated alkanes) is 2. The summed E-state index contributed by atoms with van der Waals surface area (Å²) >= 11 is 15.8. The van der Waals surface area contributed by atoms with Crippen LogP contribution in [0.25, 0.3) is 0 Å². The minimum absolute atomic E-state index is 0.770. The Hall–Kier alpha value is 0.0400. The van der Waals surface area contributed by atoms with Gasteiger partial charge in [0.1, 0.15) is 11.5 Å². The summed E-state index contributed by atoms with van der Waals surface area (Å²) < 4.78 is 8.14. The van der Waals surface area contributed by atoms with Gasteiger partial charge in [-0.15, -0.1) is 0 Å². The third-order valence-corrected chi connectivity index (χ3v) is 35.5. The van der Waals surface area contributed by atoms with Gasteiger partial charge in [0.25, 0.3) is 0 Å². The molecule has 0 N–H and O–H groups in total. The lowest BCUT2D eigenvalue weighted by molar-refractivity contribution is 0.309. The quantitative estimate of drug-likeness (QED) is 0.261. The Balaban J connectivity index is 1.61. The van der Waals surface area contributed by atoms with Gasteiger partial charge in [0.05, 0.1) is 22.1 Å². The maximum Gasteiger partial charge on any atom is 0.119 e. The minimum atomic E-state index is -1.69. The molecule has 3 rings (SSSR count). The topological polar surface area (TPSA) is 18.5 Å². The summed E-state index contributed by atoms with van der Waals surface area (Å²) in [7, 11) is 0. The van der Waals surface area contributed by atoms with E-state index >= 15 is 0 Å². The molecule has 152 valence electrons. The third-order valence-electron chi connectivity index (χ3n) is 4.27. The fourth-order valence-electron chi connectivity index (χ4n) is 2.60. The lowest BCUT2D eigenvalue weighted by atomic mass is 10.3. The molecule has 0 spiro atoms. The second-order valence-corrected chi connectivity index (χ2v) is 27.8. The first-order valence-corrected chi connectivity index (χ1v) is 19.2. The summed E-state index contributed by atoms with van der Waals surface area (Å²) in [6.07, 6.45) is 4.44. The average molecular weight is 489 g/mol. The molecule has 0 amide bonds.